The summed E-state index contributed by atoms with van der Waals surface area (Å²) in [5.41, 5.74) is 1.20. The van der Waals surface area contributed by atoms with E-state index >= 15 is 0 Å². The molecule has 0 aliphatic carbocycles. The van der Waals surface area contributed by atoms with E-state index in [9.17, 15) is 4.79 Å². The van der Waals surface area contributed by atoms with Gasteiger partial charge in [-0.2, -0.15) is 0 Å². The summed E-state index contributed by atoms with van der Waals surface area (Å²) in [6.07, 6.45) is 0. The molecule has 3 rings (SSSR count). The van der Waals surface area contributed by atoms with Crippen LogP contribution in [0.3, 0.4) is 0 Å². The van der Waals surface area contributed by atoms with E-state index in [0.29, 0.717) is 37.2 Å². The molecule has 0 saturated carbocycles. The number of aromatic nitrogens is 1. The van der Waals surface area contributed by atoms with Crippen LogP contribution in [0.2, 0.25) is 5.02 Å². The van der Waals surface area contributed by atoms with E-state index in [1.165, 1.54) is 11.3 Å². The molecule has 1 heterocycles. The van der Waals surface area contributed by atoms with Gasteiger partial charge in [0.25, 0.3) is 5.91 Å². The molecule has 0 unspecified atom stereocenters. The van der Waals surface area contributed by atoms with Crippen LogP contribution in [0, 0.1) is 0 Å². The molecule has 1 aromatic heterocycles. The van der Waals surface area contributed by atoms with Crippen molar-refractivity contribution in [3.8, 4) is 11.5 Å². The molecule has 5 nitrogen and oxygen atoms in total. The minimum atomic E-state index is -0.254. The summed E-state index contributed by atoms with van der Waals surface area (Å²) in [6, 6.07) is 8.62. The number of carbonyl (C=O) groups excluding carboxylic acids is 1. The number of carbonyl (C=O) groups is 1. The van der Waals surface area contributed by atoms with Gasteiger partial charge in [-0.25, -0.2) is 4.98 Å². The first-order valence-corrected chi connectivity index (χ1v) is 8.79. The van der Waals surface area contributed by atoms with Crippen molar-refractivity contribution in [3.63, 3.8) is 0 Å². The van der Waals surface area contributed by atoms with E-state index in [-0.39, 0.29) is 5.91 Å². The van der Waals surface area contributed by atoms with Gasteiger partial charge in [0.05, 0.1) is 33.9 Å². The number of nitrogens with zero attached hydrogens (tertiary/aromatic N) is 1. The molecule has 8 heteroatoms. The first-order chi connectivity index (χ1) is 11.5. The second-order valence-corrected chi connectivity index (χ2v) is 7.07. The molecule has 24 heavy (non-hydrogen) atoms. The molecule has 0 atom stereocenters. The summed E-state index contributed by atoms with van der Waals surface area (Å²) >= 11 is 10.8. The van der Waals surface area contributed by atoms with Crippen molar-refractivity contribution in [2.75, 3.05) is 19.5 Å². The number of hydrogen-bond donors (Lipinski definition) is 1. The Kier molecular flexibility index (Phi) is 4.93. The fourth-order valence-corrected chi connectivity index (χ4v) is 3.76. The van der Waals surface area contributed by atoms with Gasteiger partial charge in [0.1, 0.15) is 11.5 Å². The zero-order valence-electron chi connectivity index (χ0n) is 12.7. The van der Waals surface area contributed by atoms with Gasteiger partial charge in [-0.15, -0.1) is 0 Å². The number of amides is 1. The maximum absolute atomic E-state index is 12.4. The number of anilines is 1. The second-order valence-electron chi connectivity index (χ2n) is 4.78. The lowest BCUT2D eigenvalue weighted by molar-refractivity contribution is 0.102. The minimum absolute atomic E-state index is 0.254. The van der Waals surface area contributed by atoms with E-state index < -0.39 is 0 Å². The molecule has 0 spiro atoms. The molecule has 2 aromatic carbocycles. The molecule has 0 aliphatic heterocycles. The Balaban J connectivity index is 1.86. The SMILES string of the molecule is COc1cc2sc(NC(=O)c3ccc(OC)c(Br)c3)nc2cc1Cl. The maximum atomic E-state index is 12.4. The monoisotopic (exact) mass is 426 g/mol. The van der Waals surface area contributed by atoms with Gasteiger partial charge in [0.2, 0.25) is 0 Å². The van der Waals surface area contributed by atoms with E-state index in [1.54, 1.807) is 44.6 Å². The predicted molar refractivity (Wildman–Crippen MR) is 99.8 cm³/mol. The molecular formula is C16H12BrClN2O3S. The molecule has 0 bridgehead atoms. The van der Waals surface area contributed by atoms with Crippen molar-refractivity contribution in [3.05, 3.63) is 45.4 Å². The molecule has 1 amide bonds. The predicted octanol–water partition coefficient (Wildman–Crippen LogP) is 4.98. The van der Waals surface area contributed by atoms with Gasteiger partial charge in [0, 0.05) is 11.6 Å². The first-order valence-electron chi connectivity index (χ1n) is 6.81. The van der Waals surface area contributed by atoms with Gasteiger partial charge in [-0.3, -0.25) is 10.1 Å². The first kappa shape index (κ1) is 17.0. The fraction of sp³-hybridized carbons (Fsp3) is 0.125. The third kappa shape index (κ3) is 3.33. The van der Waals surface area contributed by atoms with Gasteiger partial charge >= 0.3 is 0 Å². The highest BCUT2D eigenvalue weighted by Crippen LogP contribution is 2.34. The summed E-state index contributed by atoms with van der Waals surface area (Å²) in [6.45, 7) is 0. The number of methoxy groups -OCH3 is 2. The van der Waals surface area contributed by atoms with Crippen LogP contribution in [0.25, 0.3) is 10.2 Å². The van der Waals surface area contributed by atoms with Crippen LogP contribution < -0.4 is 14.8 Å². The molecular weight excluding hydrogens is 416 g/mol. The lowest BCUT2D eigenvalue weighted by Gasteiger charge is -2.05. The van der Waals surface area contributed by atoms with Crippen molar-refractivity contribution >= 4 is 60.1 Å². The standard InChI is InChI=1S/C16H12BrClN2O3S/c1-22-12-4-3-8(5-9(12)17)15(21)20-16-19-11-6-10(18)13(23-2)7-14(11)24-16/h3-7H,1-2H3,(H,19,20,21). The van der Waals surface area contributed by atoms with Crippen molar-refractivity contribution in [2.45, 2.75) is 0 Å². The average Bonchev–Trinajstić information content (AvgIpc) is 2.94. The number of hydrogen-bond acceptors (Lipinski definition) is 5. The van der Waals surface area contributed by atoms with Crippen LogP contribution in [0.1, 0.15) is 10.4 Å². The van der Waals surface area contributed by atoms with Gasteiger partial charge in [-0.1, -0.05) is 22.9 Å². The van der Waals surface area contributed by atoms with Crippen molar-refractivity contribution in [1.29, 1.82) is 0 Å². The molecule has 0 fully saturated rings. The lowest BCUT2D eigenvalue weighted by atomic mass is 10.2. The Hall–Kier alpha value is -1.83. The molecule has 0 saturated heterocycles. The van der Waals surface area contributed by atoms with E-state index in [2.05, 4.69) is 26.2 Å². The van der Waals surface area contributed by atoms with Crippen LogP contribution in [-0.4, -0.2) is 25.1 Å². The molecule has 1 N–H and O–H groups in total. The Bertz CT molecular complexity index is 929. The lowest BCUT2D eigenvalue weighted by Crippen LogP contribution is -2.11. The van der Waals surface area contributed by atoms with Crippen molar-refractivity contribution in [2.24, 2.45) is 0 Å². The second kappa shape index (κ2) is 6.96. The number of thiazole rings is 1. The highest BCUT2D eigenvalue weighted by molar-refractivity contribution is 9.10. The topological polar surface area (TPSA) is 60.5 Å². The molecule has 124 valence electrons. The Labute approximate surface area is 155 Å². The molecule has 0 radical (unpaired) electrons. The van der Waals surface area contributed by atoms with Crippen LogP contribution in [0.15, 0.2) is 34.8 Å². The zero-order chi connectivity index (χ0) is 17.3. The number of halogens is 2. The van der Waals surface area contributed by atoms with Gasteiger partial charge in [0.15, 0.2) is 5.13 Å². The van der Waals surface area contributed by atoms with Gasteiger partial charge in [-0.05, 0) is 40.2 Å². The van der Waals surface area contributed by atoms with Gasteiger partial charge < -0.3 is 9.47 Å². The number of benzene rings is 2. The van der Waals surface area contributed by atoms with E-state index in [4.69, 9.17) is 21.1 Å². The van der Waals surface area contributed by atoms with Crippen LogP contribution in [0.5, 0.6) is 11.5 Å². The smallest absolute Gasteiger partial charge is 0.257 e. The summed E-state index contributed by atoms with van der Waals surface area (Å²) in [5, 5.41) is 3.76. The third-order valence-electron chi connectivity index (χ3n) is 3.30. The highest BCUT2D eigenvalue weighted by Gasteiger charge is 2.13. The quantitative estimate of drug-likeness (QED) is 0.638. The fourth-order valence-electron chi connectivity index (χ4n) is 2.12. The summed E-state index contributed by atoms with van der Waals surface area (Å²) < 4.78 is 11.9. The number of rotatable bonds is 4. The van der Waals surface area contributed by atoms with E-state index in [1.807, 2.05) is 0 Å². The normalized spacial score (nSPS) is 10.7. The van der Waals surface area contributed by atoms with Crippen LogP contribution in [0.4, 0.5) is 5.13 Å². The number of fused-ring (bicyclic) bond motifs is 1. The average molecular weight is 428 g/mol. The Morgan fingerprint density at radius 2 is 1.96 bits per heavy atom. The molecule has 3 aromatic rings. The van der Waals surface area contributed by atoms with Crippen LogP contribution in [-0.2, 0) is 0 Å². The molecule has 0 aliphatic rings. The van der Waals surface area contributed by atoms with Crippen LogP contribution >= 0.6 is 38.9 Å². The summed E-state index contributed by atoms with van der Waals surface area (Å²) in [4.78, 5) is 16.8. The summed E-state index contributed by atoms with van der Waals surface area (Å²) in [5.74, 6) is 0.980. The summed E-state index contributed by atoms with van der Waals surface area (Å²) in [7, 11) is 3.12. The maximum Gasteiger partial charge on any atom is 0.257 e. The number of ether oxygens (including phenoxy) is 2. The van der Waals surface area contributed by atoms with Crippen molar-refractivity contribution < 1.29 is 14.3 Å². The van der Waals surface area contributed by atoms with Crippen molar-refractivity contribution in [1.82, 2.24) is 4.98 Å². The zero-order valence-corrected chi connectivity index (χ0v) is 15.9. The van der Waals surface area contributed by atoms with E-state index in [0.717, 1.165) is 4.70 Å². The minimum Gasteiger partial charge on any atom is -0.496 e. The highest BCUT2D eigenvalue weighted by atomic mass is 79.9. The Morgan fingerprint density at radius 3 is 2.62 bits per heavy atom. The Morgan fingerprint density at radius 1 is 1.21 bits per heavy atom. The number of nitrogens with one attached hydrogen (secondary N) is 1. The largest absolute Gasteiger partial charge is 0.496 e. The third-order valence-corrected chi connectivity index (χ3v) is 5.15.